The molecule has 0 saturated heterocycles. The second kappa shape index (κ2) is 8.89. The van der Waals surface area contributed by atoms with Crippen molar-refractivity contribution in [3.8, 4) is 5.75 Å². The zero-order chi connectivity index (χ0) is 19.1. The van der Waals surface area contributed by atoms with Gasteiger partial charge in [0.05, 0.1) is 6.61 Å². The monoisotopic (exact) mass is 365 g/mol. The molecule has 0 fully saturated rings. The van der Waals surface area contributed by atoms with E-state index in [1.807, 2.05) is 54.6 Å². The molecule has 1 aromatic heterocycles. The molecule has 6 heteroatoms. The molecule has 3 rings (SSSR count). The predicted molar refractivity (Wildman–Crippen MR) is 105 cm³/mol. The molecule has 27 heavy (non-hydrogen) atoms. The summed E-state index contributed by atoms with van der Waals surface area (Å²) in [6.07, 6.45) is 0.934. The Balaban J connectivity index is 1.81. The highest BCUT2D eigenvalue weighted by Crippen LogP contribution is 2.24. The molecule has 0 aliphatic rings. The molecule has 1 heterocycles. The minimum Gasteiger partial charge on any atom is -0.494 e. The first-order valence-corrected chi connectivity index (χ1v) is 8.94. The molecule has 0 aliphatic carbocycles. The molecule has 0 radical (unpaired) electrons. The molecular formula is C21H23N3O3. The van der Waals surface area contributed by atoms with Gasteiger partial charge < -0.3 is 19.9 Å². The fourth-order valence-electron chi connectivity index (χ4n) is 2.63. The van der Waals surface area contributed by atoms with Crippen molar-refractivity contribution in [1.29, 1.82) is 0 Å². The van der Waals surface area contributed by atoms with Crippen molar-refractivity contribution in [3.63, 3.8) is 0 Å². The number of hydrogen-bond acceptors (Lipinski definition) is 5. The van der Waals surface area contributed by atoms with Crippen LogP contribution in [0.3, 0.4) is 0 Å². The Morgan fingerprint density at radius 3 is 2.67 bits per heavy atom. The molecule has 140 valence electrons. The lowest BCUT2D eigenvalue weighted by Gasteiger charge is -2.20. The van der Waals surface area contributed by atoms with Gasteiger partial charge in [0.2, 0.25) is 0 Å². The van der Waals surface area contributed by atoms with E-state index in [1.165, 1.54) is 0 Å². The summed E-state index contributed by atoms with van der Waals surface area (Å²) in [6, 6.07) is 18.2. The number of ether oxygens (including phenoxy) is 1. The number of hydrogen-bond donors (Lipinski definition) is 2. The molecule has 0 bridgehead atoms. The van der Waals surface area contributed by atoms with Crippen LogP contribution in [0.2, 0.25) is 0 Å². The zero-order valence-electron chi connectivity index (χ0n) is 15.4. The third kappa shape index (κ3) is 5.10. The number of benzene rings is 2. The van der Waals surface area contributed by atoms with Crippen LogP contribution >= 0.6 is 0 Å². The number of carbonyl (C=O) groups is 1. The van der Waals surface area contributed by atoms with Gasteiger partial charge in [-0.05, 0) is 31.0 Å². The molecule has 0 spiro atoms. The van der Waals surface area contributed by atoms with Crippen molar-refractivity contribution in [2.45, 2.75) is 26.3 Å². The fourth-order valence-corrected chi connectivity index (χ4v) is 2.63. The van der Waals surface area contributed by atoms with Gasteiger partial charge >= 0.3 is 0 Å². The minimum absolute atomic E-state index is 0.227. The molecule has 6 nitrogen and oxygen atoms in total. The van der Waals surface area contributed by atoms with Gasteiger partial charge in [0.15, 0.2) is 5.82 Å². The third-order valence-electron chi connectivity index (χ3n) is 3.89. The number of nitrogens with one attached hydrogen (secondary N) is 2. The van der Waals surface area contributed by atoms with Gasteiger partial charge in [-0.2, -0.15) is 0 Å². The fraction of sp³-hybridized carbons (Fsp3) is 0.238. The van der Waals surface area contributed by atoms with Gasteiger partial charge in [-0.3, -0.25) is 4.79 Å². The summed E-state index contributed by atoms with van der Waals surface area (Å²) >= 11 is 0. The van der Waals surface area contributed by atoms with E-state index in [2.05, 4.69) is 22.7 Å². The Kier molecular flexibility index (Phi) is 6.10. The number of rotatable bonds is 8. The van der Waals surface area contributed by atoms with Crippen molar-refractivity contribution in [3.05, 3.63) is 72.0 Å². The first-order valence-electron chi connectivity index (χ1n) is 8.94. The van der Waals surface area contributed by atoms with E-state index in [1.54, 1.807) is 13.0 Å². The Hall–Kier alpha value is -3.28. The Morgan fingerprint density at radius 1 is 1.15 bits per heavy atom. The molecule has 1 unspecified atom stereocenters. The van der Waals surface area contributed by atoms with Gasteiger partial charge in [0, 0.05) is 17.8 Å². The van der Waals surface area contributed by atoms with Crippen LogP contribution in [0, 0.1) is 6.92 Å². The quantitative estimate of drug-likeness (QED) is 0.612. The standard InChI is InChI=1S/C21H23N3O3/c1-3-12-26-18-11-7-10-17(14-18)22-20(16-8-5-4-6-9-16)21(25)23-19-13-15(2)27-24-19/h4-11,13-14,20,22H,3,12H2,1-2H3,(H,23,24,25). The van der Waals surface area contributed by atoms with Crippen LogP contribution in [0.1, 0.15) is 30.7 Å². The molecule has 2 N–H and O–H groups in total. The maximum atomic E-state index is 12.9. The Bertz CT molecular complexity index is 877. The van der Waals surface area contributed by atoms with Crippen molar-refractivity contribution < 1.29 is 14.1 Å². The molecule has 2 aromatic carbocycles. The highest BCUT2D eigenvalue weighted by Gasteiger charge is 2.21. The van der Waals surface area contributed by atoms with Gasteiger partial charge in [0.1, 0.15) is 17.6 Å². The van der Waals surface area contributed by atoms with E-state index in [-0.39, 0.29) is 5.91 Å². The van der Waals surface area contributed by atoms with E-state index in [4.69, 9.17) is 9.26 Å². The summed E-state index contributed by atoms with van der Waals surface area (Å²) < 4.78 is 10.7. The summed E-state index contributed by atoms with van der Waals surface area (Å²) in [5.74, 6) is 1.56. The van der Waals surface area contributed by atoms with E-state index in [9.17, 15) is 4.79 Å². The number of amides is 1. The van der Waals surface area contributed by atoms with Gasteiger partial charge in [-0.1, -0.05) is 48.5 Å². The number of aryl methyl sites for hydroxylation is 1. The molecule has 1 atom stereocenters. The van der Waals surface area contributed by atoms with Crippen LogP contribution in [-0.4, -0.2) is 17.7 Å². The zero-order valence-corrected chi connectivity index (χ0v) is 15.4. The highest BCUT2D eigenvalue weighted by atomic mass is 16.5. The topological polar surface area (TPSA) is 76.4 Å². The highest BCUT2D eigenvalue weighted by molar-refractivity contribution is 5.96. The summed E-state index contributed by atoms with van der Waals surface area (Å²) in [5, 5.41) is 9.91. The molecule has 1 amide bonds. The summed E-state index contributed by atoms with van der Waals surface area (Å²) in [6.45, 7) is 4.48. The average molecular weight is 365 g/mol. The molecule has 3 aromatic rings. The third-order valence-corrected chi connectivity index (χ3v) is 3.89. The molecule has 0 saturated carbocycles. The van der Waals surface area contributed by atoms with Crippen LogP contribution in [0.5, 0.6) is 5.75 Å². The second-order valence-corrected chi connectivity index (χ2v) is 6.18. The summed E-state index contributed by atoms with van der Waals surface area (Å²) in [4.78, 5) is 12.9. The van der Waals surface area contributed by atoms with E-state index in [0.717, 1.165) is 23.4 Å². The normalized spacial score (nSPS) is 11.6. The van der Waals surface area contributed by atoms with E-state index >= 15 is 0 Å². The minimum atomic E-state index is -0.593. The van der Waals surface area contributed by atoms with Crippen molar-refractivity contribution >= 4 is 17.4 Å². The average Bonchev–Trinajstić information content (AvgIpc) is 3.10. The Morgan fingerprint density at radius 2 is 1.96 bits per heavy atom. The lowest BCUT2D eigenvalue weighted by molar-refractivity contribution is -0.117. The summed E-state index contributed by atoms with van der Waals surface area (Å²) in [5.41, 5.74) is 1.64. The number of nitrogens with zero attached hydrogens (tertiary/aromatic N) is 1. The number of aromatic nitrogens is 1. The van der Waals surface area contributed by atoms with E-state index in [0.29, 0.717) is 18.2 Å². The Labute approximate surface area is 158 Å². The maximum Gasteiger partial charge on any atom is 0.252 e. The molecular weight excluding hydrogens is 342 g/mol. The second-order valence-electron chi connectivity index (χ2n) is 6.18. The van der Waals surface area contributed by atoms with E-state index < -0.39 is 6.04 Å². The van der Waals surface area contributed by atoms with Crippen molar-refractivity contribution in [2.75, 3.05) is 17.2 Å². The number of carbonyl (C=O) groups excluding carboxylic acids is 1. The number of anilines is 2. The lowest BCUT2D eigenvalue weighted by Crippen LogP contribution is -2.27. The van der Waals surface area contributed by atoms with Gasteiger partial charge in [-0.25, -0.2) is 0 Å². The lowest BCUT2D eigenvalue weighted by atomic mass is 10.1. The van der Waals surface area contributed by atoms with Crippen LogP contribution in [-0.2, 0) is 4.79 Å². The summed E-state index contributed by atoms with van der Waals surface area (Å²) in [7, 11) is 0. The first-order chi connectivity index (χ1) is 13.2. The maximum absolute atomic E-state index is 12.9. The van der Waals surface area contributed by atoms with Crippen LogP contribution in [0.15, 0.2) is 65.2 Å². The SMILES string of the molecule is CCCOc1cccc(NC(C(=O)Nc2cc(C)on2)c2ccccc2)c1. The van der Waals surface area contributed by atoms with Crippen molar-refractivity contribution in [1.82, 2.24) is 5.16 Å². The van der Waals surface area contributed by atoms with Gasteiger partial charge in [0.25, 0.3) is 5.91 Å². The molecule has 0 aliphatic heterocycles. The van der Waals surface area contributed by atoms with Crippen LogP contribution < -0.4 is 15.4 Å². The van der Waals surface area contributed by atoms with Gasteiger partial charge in [-0.15, -0.1) is 0 Å². The van der Waals surface area contributed by atoms with Crippen molar-refractivity contribution in [2.24, 2.45) is 0 Å². The first kappa shape index (κ1) is 18.5. The van der Waals surface area contributed by atoms with Crippen LogP contribution in [0.4, 0.5) is 11.5 Å². The largest absolute Gasteiger partial charge is 0.494 e. The smallest absolute Gasteiger partial charge is 0.252 e. The van der Waals surface area contributed by atoms with Crippen LogP contribution in [0.25, 0.3) is 0 Å². The predicted octanol–water partition coefficient (Wildman–Crippen LogP) is 4.56.